The highest BCUT2D eigenvalue weighted by atomic mass is 16.4. The van der Waals surface area contributed by atoms with E-state index in [1.54, 1.807) is 0 Å². The molecule has 1 aliphatic rings. The zero-order chi connectivity index (χ0) is 15.0. The van der Waals surface area contributed by atoms with E-state index >= 15 is 0 Å². The number of carbonyl (C=O) groups excluding carboxylic acids is 1. The Balaban J connectivity index is 2.41. The molecule has 2 amide bonds. The summed E-state index contributed by atoms with van der Waals surface area (Å²) in [5.41, 5.74) is -1.09. The standard InChI is InChI=1S/C14H27N3O3/c1-3-15-8-5-9-16-13(20)17-14(12(18)19)7-4-6-11(2)10-14/h11,15H,3-10H2,1-2H3,(H,18,19)(H2,16,17,20). The monoisotopic (exact) mass is 285 g/mol. The number of hydrogen-bond donors (Lipinski definition) is 4. The average Bonchev–Trinajstić information content (AvgIpc) is 2.38. The first-order valence-electron chi connectivity index (χ1n) is 7.50. The van der Waals surface area contributed by atoms with Crippen LogP contribution in [0.1, 0.15) is 46.0 Å². The summed E-state index contributed by atoms with van der Waals surface area (Å²) >= 11 is 0. The first-order chi connectivity index (χ1) is 9.50. The molecule has 116 valence electrons. The summed E-state index contributed by atoms with van der Waals surface area (Å²) in [7, 11) is 0. The van der Waals surface area contributed by atoms with Gasteiger partial charge in [-0.25, -0.2) is 9.59 Å². The zero-order valence-electron chi connectivity index (χ0n) is 12.5. The molecule has 2 atom stereocenters. The Morgan fingerprint density at radius 3 is 2.70 bits per heavy atom. The molecule has 4 N–H and O–H groups in total. The van der Waals surface area contributed by atoms with Crippen molar-refractivity contribution in [1.82, 2.24) is 16.0 Å². The van der Waals surface area contributed by atoms with Gasteiger partial charge in [0.15, 0.2) is 0 Å². The van der Waals surface area contributed by atoms with Crippen LogP contribution in [0.15, 0.2) is 0 Å². The van der Waals surface area contributed by atoms with Gasteiger partial charge in [-0.1, -0.05) is 26.7 Å². The van der Waals surface area contributed by atoms with Crippen molar-refractivity contribution in [2.24, 2.45) is 5.92 Å². The van der Waals surface area contributed by atoms with Gasteiger partial charge in [-0.2, -0.15) is 0 Å². The van der Waals surface area contributed by atoms with Gasteiger partial charge in [0.05, 0.1) is 0 Å². The molecule has 0 radical (unpaired) electrons. The van der Waals surface area contributed by atoms with Gasteiger partial charge in [0.2, 0.25) is 0 Å². The van der Waals surface area contributed by atoms with E-state index < -0.39 is 11.5 Å². The Kier molecular flexibility index (Phi) is 6.78. The third-order valence-electron chi connectivity index (χ3n) is 3.83. The molecular weight excluding hydrogens is 258 g/mol. The summed E-state index contributed by atoms with van der Waals surface area (Å²) in [4.78, 5) is 23.4. The van der Waals surface area contributed by atoms with Crippen LogP contribution >= 0.6 is 0 Å². The topological polar surface area (TPSA) is 90.5 Å². The maximum Gasteiger partial charge on any atom is 0.329 e. The molecule has 0 spiro atoms. The molecule has 0 aliphatic heterocycles. The highest BCUT2D eigenvalue weighted by Gasteiger charge is 2.43. The van der Waals surface area contributed by atoms with Crippen LogP contribution < -0.4 is 16.0 Å². The number of nitrogens with one attached hydrogen (secondary N) is 3. The van der Waals surface area contributed by atoms with E-state index in [1.165, 1.54) is 0 Å². The second-order valence-corrected chi connectivity index (χ2v) is 5.68. The lowest BCUT2D eigenvalue weighted by Gasteiger charge is -2.37. The summed E-state index contributed by atoms with van der Waals surface area (Å²) in [6, 6.07) is -0.377. The van der Waals surface area contributed by atoms with E-state index in [0.717, 1.165) is 32.4 Å². The average molecular weight is 285 g/mol. The lowest BCUT2D eigenvalue weighted by molar-refractivity contribution is -0.146. The van der Waals surface area contributed by atoms with E-state index in [-0.39, 0.29) is 6.03 Å². The van der Waals surface area contributed by atoms with Crippen LogP contribution in [0.2, 0.25) is 0 Å². The second kappa shape index (κ2) is 8.09. The van der Waals surface area contributed by atoms with Crippen molar-refractivity contribution in [1.29, 1.82) is 0 Å². The van der Waals surface area contributed by atoms with Gasteiger partial charge in [-0.15, -0.1) is 0 Å². The molecule has 0 heterocycles. The van der Waals surface area contributed by atoms with Crippen LogP contribution in [0.25, 0.3) is 0 Å². The molecule has 1 fully saturated rings. The number of carboxylic acids is 1. The molecule has 20 heavy (non-hydrogen) atoms. The van der Waals surface area contributed by atoms with Crippen molar-refractivity contribution in [3.8, 4) is 0 Å². The third-order valence-corrected chi connectivity index (χ3v) is 3.83. The van der Waals surface area contributed by atoms with Crippen LogP contribution in [0, 0.1) is 5.92 Å². The smallest absolute Gasteiger partial charge is 0.329 e. The molecule has 6 heteroatoms. The van der Waals surface area contributed by atoms with E-state index in [2.05, 4.69) is 16.0 Å². The fraction of sp³-hybridized carbons (Fsp3) is 0.857. The number of rotatable bonds is 7. The third kappa shape index (κ3) is 5.00. The first kappa shape index (κ1) is 16.8. The van der Waals surface area contributed by atoms with Crippen LogP contribution in [-0.4, -0.2) is 42.3 Å². The summed E-state index contributed by atoms with van der Waals surface area (Å²) in [5, 5.41) is 18.0. The van der Waals surface area contributed by atoms with Crippen molar-refractivity contribution in [3.63, 3.8) is 0 Å². The summed E-state index contributed by atoms with van der Waals surface area (Å²) in [5.74, 6) is -0.597. The van der Waals surface area contributed by atoms with Gasteiger partial charge < -0.3 is 21.1 Å². The molecule has 0 aromatic carbocycles. The van der Waals surface area contributed by atoms with Crippen molar-refractivity contribution in [3.05, 3.63) is 0 Å². The van der Waals surface area contributed by atoms with Crippen LogP contribution in [0.5, 0.6) is 0 Å². The van der Waals surface area contributed by atoms with Gasteiger partial charge in [-0.05, 0) is 38.3 Å². The Bertz CT molecular complexity index is 336. The highest BCUT2D eigenvalue weighted by molar-refractivity contribution is 5.86. The lowest BCUT2D eigenvalue weighted by atomic mass is 9.76. The molecule has 0 saturated heterocycles. The van der Waals surface area contributed by atoms with Crippen molar-refractivity contribution in [2.45, 2.75) is 51.5 Å². The fourth-order valence-corrected chi connectivity index (χ4v) is 2.77. The molecule has 1 saturated carbocycles. The van der Waals surface area contributed by atoms with E-state index in [1.807, 2.05) is 13.8 Å². The van der Waals surface area contributed by atoms with Crippen molar-refractivity contribution in [2.75, 3.05) is 19.6 Å². The highest BCUT2D eigenvalue weighted by Crippen LogP contribution is 2.32. The Labute approximate surface area is 120 Å². The quantitative estimate of drug-likeness (QED) is 0.531. The van der Waals surface area contributed by atoms with E-state index in [4.69, 9.17) is 0 Å². The molecule has 0 aromatic rings. The fourth-order valence-electron chi connectivity index (χ4n) is 2.77. The minimum absolute atomic E-state index is 0.328. The number of urea groups is 1. The van der Waals surface area contributed by atoms with Crippen LogP contribution in [-0.2, 0) is 4.79 Å². The lowest BCUT2D eigenvalue weighted by Crippen LogP contribution is -2.59. The van der Waals surface area contributed by atoms with Gasteiger partial charge in [-0.3, -0.25) is 0 Å². The minimum atomic E-state index is -1.09. The molecular formula is C14H27N3O3. The molecule has 1 aliphatic carbocycles. The minimum Gasteiger partial charge on any atom is -0.480 e. The number of aliphatic carboxylic acids is 1. The van der Waals surface area contributed by atoms with Gasteiger partial charge in [0.1, 0.15) is 5.54 Å². The predicted molar refractivity (Wildman–Crippen MR) is 77.7 cm³/mol. The van der Waals surface area contributed by atoms with Crippen molar-refractivity contribution < 1.29 is 14.7 Å². The molecule has 6 nitrogen and oxygen atoms in total. The molecule has 0 aromatic heterocycles. The largest absolute Gasteiger partial charge is 0.480 e. The predicted octanol–water partition coefficient (Wildman–Crippen LogP) is 1.32. The SMILES string of the molecule is CCNCCCNC(=O)NC1(C(=O)O)CCCC(C)C1. The number of amides is 2. The van der Waals surface area contributed by atoms with Crippen molar-refractivity contribution >= 4 is 12.0 Å². The van der Waals surface area contributed by atoms with Gasteiger partial charge in [0.25, 0.3) is 0 Å². The van der Waals surface area contributed by atoms with Crippen LogP contribution in [0.4, 0.5) is 4.79 Å². The van der Waals surface area contributed by atoms with Crippen LogP contribution in [0.3, 0.4) is 0 Å². The maximum absolute atomic E-state index is 11.9. The Morgan fingerprint density at radius 2 is 2.10 bits per heavy atom. The van der Waals surface area contributed by atoms with E-state index in [0.29, 0.717) is 25.3 Å². The molecule has 2 unspecified atom stereocenters. The van der Waals surface area contributed by atoms with Gasteiger partial charge >= 0.3 is 12.0 Å². The molecule has 0 bridgehead atoms. The summed E-state index contributed by atoms with van der Waals surface area (Å²) in [6.07, 6.45) is 3.72. The van der Waals surface area contributed by atoms with Gasteiger partial charge in [0, 0.05) is 6.54 Å². The first-order valence-corrected chi connectivity index (χ1v) is 7.50. The Morgan fingerprint density at radius 1 is 1.35 bits per heavy atom. The maximum atomic E-state index is 11.9. The number of hydrogen-bond acceptors (Lipinski definition) is 3. The zero-order valence-corrected chi connectivity index (χ0v) is 12.5. The van der Waals surface area contributed by atoms with E-state index in [9.17, 15) is 14.7 Å². The molecule has 1 rings (SSSR count). The Hall–Kier alpha value is -1.30. The number of carboxylic acid groups (broad SMARTS) is 1. The second-order valence-electron chi connectivity index (χ2n) is 5.68. The normalized spacial score (nSPS) is 26.0. The summed E-state index contributed by atoms with van der Waals surface area (Å²) in [6.45, 7) is 6.36. The summed E-state index contributed by atoms with van der Waals surface area (Å²) < 4.78 is 0. The number of carbonyl (C=O) groups is 2.